The van der Waals surface area contributed by atoms with E-state index in [4.69, 9.17) is 14.2 Å². The van der Waals surface area contributed by atoms with Gasteiger partial charge in [0.2, 0.25) is 5.91 Å². The first-order valence-electron chi connectivity index (χ1n) is 11.6. The predicted molar refractivity (Wildman–Crippen MR) is 142 cm³/mol. The van der Waals surface area contributed by atoms with Crippen molar-refractivity contribution in [3.05, 3.63) is 88.9 Å². The van der Waals surface area contributed by atoms with Crippen molar-refractivity contribution in [2.24, 2.45) is 4.99 Å². The molecule has 10 heteroatoms. The highest BCUT2D eigenvalue weighted by atomic mass is 32.2. The molecular weight excluding hydrogens is 492 g/mol. The molecule has 0 bridgehead atoms. The predicted octanol–water partition coefficient (Wildman–Crippen LogP) is 4.11. The number of rotatable bonds is 10. The van der Waals surface area contributed by atoms with Gasteiger partial charge in [0.1, 0.15) is 18.1 Å². The lowest BCUT2D eigenvalue weighted by atomic mass is 9.92. The minimum atomic E-state index is -0.649. The van der Waals surface area contributed by atoms with Crippen LogP contribution in [0.3, 0.4) is 0 Å². The van der Waals surface area contributed by atoms with Crippen molar-refractivity contribution in [3.63, 3.8) is 0 Å². The molecule has 9 nitrogen and oxygen atoms in total. The number of aromatic nitrogens is 1. The number of carbonyl (C=O) groups is 2. The number of thioether (sulfide) groups is 1. The van der Waals surface area contributed by atoms with Gasteiger partial charge in [0, 0.05) is 30.2 Å². The summed E-state index contributed by atoms with van der Waals surface area (Å²) in [6, 6.07) is 8.44. The molecule has 1 aromatic heterocycles. The molecule has 1 N–H and O–H groups in total. The fourth-order valence-electron chi connectivity index (χ4n) is 4.12. The van der Waals surface area contributed by atoms with Gasteiger partial charge in [-0.05, 0) is 48.2 Å². The van der Waals surface area contributed by atoms with Crippen molar-refractivity contribution in [3.8, 4) is 11.5 Å². The second kappa shape index (κ2) is 11.8. The summed E-state index contributed by atoms with van der Waals surface area (Å²) in [6.07, 6.45) is 4.97. The number of nitrogens with one attached hydrogen (secondary N) is 1. The Morgan fingerprint density at radius 1 is 1.19 bits per heavy atom. The van der Waals surface area contributed by atoms with E-state index in [0.717, 1.165) is 5.56 Å². The molecule has 0 saturated heterocycles. The van der Waals surface area contributed by atoms with Gasteiger partial charge in [-0.25, -0.2) is 9.79 Å². The van der Waals surface area contributed by atoms with Crippen LogP contribution in [-0.2, 0) is 20.9 Å². The number of esters is 1. The third-order valence-electron chi connectivity index (χ3n) is 5.87. The zero-order chi connectivity index (χ0) is 26.4. The third kappa shape index (κ3) is 5.69. The highest BCUT2D eigenvalue weighted by Crippen LogP contribution is 2.47. The highest BCUT2D eigenvalue weighted by molar-refractivity contribution is 8.16. The Bertz CT molecular complexity index is 1290. The van der Waals surface area contributed by atoms with E-state index >= 15 is 0 Å². The average molecular weight is 521 g/mol. The van der Waals surface area contributed by atoms with E-state index in [1.165, 1.54) is 17.8 Å². The summed E-state index contributed by atoms with van der Waals surface area (Å²) < 4.78 is 16.6. The maximum atomic E-state index is 13.3. The number of aliphatic imine (C=N–C) groups is 1. The second-order valence-electron chi connectivity index (χ2n) is 8.20. The highest BCUT2D eigenvalue weighted by Gasteiger charge is 2.42. The summed E-state index contributed by atoms with van der Waals surface area (Å²) in [7, 11) is 3.14. The second-order valence-corrected chi connectivity index (χ2v) is 9.03. The number of allylic oxidation sites excluding steroid dienone is 1. The zero-order valence-corrected chi connectivity index (χ0v) is 21.7. The Kier molecular flexibility index (Phi) is 8.29. The smallest absolute Gasteiger partial charge is 0.338 e. The van der Waals surface area contributed by atoms with E-state index in [9.17, 15) is 9.59 Å². The topological polar surface area (TPSA) is 102 Å². The standard InChI is InChI=1S/C27H28N4O5S/c1-5-12-36-26(33)24-17(2)30-27-31(25(24)21-14-20(34-3)6-7-22(21)35-4)19(16-37-27)13-23(32)29-15-18-8-10-28-11-9-18/h5-11,14,16,25H,1,12-13,15H2,2-4H3,(H,29,32). The van der Waals surface area contributed by atoms with Crippen LogP contribution in [0.5, 0.6) is 11.5 Å². The summed E-state index contributed by atoms with van der Waals surface area (Å²) >= 11 is 1.40. The van der Waals surface area contributed by atoms with Crippen molar-refractivity contribution in [1.82, 2.24) is 15.2 Å². The van der Waals surface area contributed by atoms with Gasteiger partial charge < -0.3 is 24.4 Å². The van der Waals surface area contributed by atoms with E-state index in [-0.39, 0.29) is 18.9 Å². The van der Waals surface area contributed by atoms with Gasteiger partial charge in [0.05, 0.1) is 38.0 Å². The number of fused-ring (bicyclic) bond motifs is 1. The Labute approximate surface area is 219 Å². The van der Waals surface area contributed by atoms with Crippen molar-refractivity contribution >= 4 is 28.8 Å². The van der Waals surface area contributed by atoms with Gasteiger partial charge in [-0.3, -0.25) is 9.78 Å². The van der Waals surface area contributed by atoms with Crippen molar-refractivity contribution in [2.45, 2.75) is 25.9 Å². The monoisotopic (exact) mass is 520 g/mol. The number of pyridine rings is 1. The van der Waals surface area contributed by atoms with E-state index in [1.807, 2.05) is 28.5 Å². The minimum Gasteiger partial charge on any atom is -0.497 e. The first kappa shape index (κ1) is 26.0. The number of amides is 1. The van der Waals surface area contributed by atoms with Gasteiger partial charge >= 0.3 is 5.97 Å². The maximum Gasteiger partial charge on any atom is 0.338 e. The minimum absolute atomic E-state index is 0.0585. The van der Waals surface area contributed by atoms with Gasteiger partial charge in [0.25, 0.3) is 0 Å². The zero-order valence-electron chi connectivity index (χ0n) is 20.9. The third-order valence-corrected chi connectivity index (χ3v) is 6.75. The lowest BCUT2D eigenvalue weighted by molar-refractivity contribution is -0.138. The van der Waals surface area contributed by atoms with Crippen LogP contribution in [0.15, 0.2) is 82.7 Å². The number of carbonyl (C=O) groups excluding carboxylic acids is 2. The first-order valence-corrected chi connectivity index (χ1v) is 12.4. The average Bonchev–Trinajstić information content (AvgIpc) is 3.31. The summed E-state index contributed by atoms with van der Waals surface area (Å²) in [5, 5.41) is 5.49. The van der Waals surface area contributed by atoms with Crippen molar-refractivity contribution in [2.75, 3.05) is 20.8 Å². The summed E-state index contributed by atoms with van der Waals surface area (Å²) in [5.74, 6) is 0.479. The molecule has 0 saturated carbocycles. The Morgan fingerprint density at radius 3 is 2.68 bits per heavy atom. The SMILES string of the molecule is C=CCOC(=O)C1=C(C)N=C2SC=C(CC(=O)NCc3ccncc3)N2C1c1cc(OC)ccc1OC. The number of benzene rings is 1. The van der Waals surface area contributed by atoms with E-state index in [1.54, 1.807) is 45.7 Å². The molecule has 2 aliphatic rings. The normalized spacial score (nSPS) is 16.4. The van der Waals surface area contributed by atoms with Crippen LogP contribution in [-0.4, -0.2) is 47.8 Å². The molecule has 1 unspecified atom stereocenters. The molecule has 3 heterocycles. The molecule has 4 rings (SSSR count). The van der Waals surface area contributed by atoms with Crippen LogP contribution in [0, 0.1) is 0 Å². The molecule has 37 heavy (non-hydrogen) atoms. The Morgan fingerprint density at radius 2 is 1.97 bits per heavy atom. The van der Waals surface area contributed by atoms with Gasteiger partial charge in [0.15, 0.2) is 5.17 Å². The van der Waals surface area contributed by atoms with Crippen LogP contribution >= 0.6 is 11.8 Å². The molecule has 0 fully saturated rings. The molecule has 0 aliphatic carbocycles. The molecule has 0 radical (unpaired) electrons. The molecule has 0 spiro atoms. The fourth-order valence-corrected chi connectivity index (χ4v) is 5.08. The van der Waals surface area contributed by atoms with Crippen LogP contribution in [0.2, 0.25) is 0 Å². The lowest BCUT2D eigenvalue weighted by Crippen LogP contribution is -2.38. The quantitative estimate of drug-likeness (QED) is 0.369. The van der Waals surface area contributed by atoms with Gasteiger partial charge in [-0.1, -0.05) is 24.4 Å². The van der Waals surface area contributed by atoms with Crippen molar-refractivity contribution in [1.29, 1.82) is 0 Å². The van der Waals surface area contributed by atoms with E-state index in [2.05, 4.69) is 21.9 Å². The van der Waals surface area contributed by atoms with E-state index < -0.39 is 12.0 Å². The number of hydrogen-bond acceptors (Lipinski definition) is 9. The largest absolute Gasteiger partial charge is 0.497 e. The molecule has 2 aliphatic heterocycles. The lowest BCUT2D eigenvalue weighted by Gasteiger charge is -2.36. The Balaban J connectivity index is 1.69. The van der Waals surface area contributed by atoms with Crippen molar-refractivity contribution < 1.29 is 23.8 Å². The molecule has 1 amide bonds. The molecule has 2 aromatic rings. The van der Waals surface area contributed by atoms with Crippen LogP contribution in [0.25, 0.3) is 0 Å². The maximum absolute atomic E-state index is 13.3. The number of methoxy groups -OCH3 is 2. The summed E-state index contributed by atoms with van der Waals surface area (Å²) in [4.78, 5) is 36.8. The molecular formula is C27H28N4O5S. The van der Waals surface area contributed by atoms with E-state index in [0.29, 0.717) is 45.7 Å². The van der Waals surface area contributed by atoms with Crippen LogP contribution in [0.4, 0.5) is 0 Å². The van der Waals surface area contributed by atoms with Gasteiger partial charge in [-0.2, -0.15) is 0 Å². The number of hydrogen-bond donors (Lipinski definition) is 1. The molecule has 1 aromatic carbocycles. The Hall–Kier alpha value is -4.05. The summed E-state index contributed by atoms with van der Waals surface area (Å²) in [5.41, 5.74) is 3.21. The fraction of sp³-hybridized carbons (Fsp3) is 0.259. The molecule has 1 atom stereocenters. The first-order chi connectivity index (χ1) is 18.0. The summed E-state index contributed by atoms with van der Waals surface area (Å²) in [6.45, 7) is 5.85. The van der Waals surface area contributed by atoms with Crippen LogP contribution < -0.4 is 14.8 Å². The number of nitrogens with zero attached hydrogens (tertiary/aromatic N) is 3. The van der Waals surface area contributed by atoms with Crippen LogP contribution in [0.1, 0.15) is 30.5 Å². The molecule has 192 valence electrons. The number of ether oxygens (including phenoxy) is 3. The number of amidine groups is 1. The van der Waals surface area contributed by atoms with Gasteiger partial charge in [-0.15, -0.1) is 0 Å².